The zero-order valence-corrected chi connectivity index (χ0v) is 16.3. The molecular weight excluding hydrogens is 348 g/mol. The molecule has 7 nitrogen and oxygen atoms in total. The fourth-order valence-corrected chi connectivity index (χ4v) is 3.76. The minimum absolute atomic E-state index is 0.135. The van der Waals surface area contributed by atoms with E-state index in [0.29, 0.717) is 31.4 Å². The number of carbonyl (C=O) groups excluding carboxylic acids is 1. The van der Waals surface area contributed by atoms with E-state index in [4.69, 9.17) is 15.2 Å². The van der Waals surface area contributed by atoms with E-state index in [0.717, 1.165) is 5.56 Å². The summed E-state index contributed by atoms with van der Waals surface area (Å²) in [6, 6.07) is 7.10. The molecular formula is C20H32N2O5. The average molecular weight is 380 g/mol. The fourth-order valence-electron chi connectivity index (χ4n) is 3.76. The highest BCUT2D eigenvalue weighted by Crippen LogP contribution is 2.29. The van der Waals surface area contributed by atoms with Gasteiger partial charge in [-0.05, 0) is 37.8 Å². The lowest BCUT2D eigenvalue weighted by molar-refractivity contribution is -0.133. The second-order valence-corrected chi connectivity index (χ2v) is 7.30. The summed E-state index contributed by atoms with van der Waals surface area (Å²) in [6.07, 6.45) is -0.0324. The number of benzene rings is 1. The molecule has 1 aromatic rings. The maximum absolute atomic E-state index is 12.7. The van der Waals surface area contributed by atoms with E-state index < -0.39 is 24.4 Å². The Morgan fingerprint density at radius 1 is 1.22 bits per heavy atom. The molecule has 7 heteroatoms. The molecule has 0 heterocycles. The van der Waals surface area contributed by atoms with Gasteiger partial charge in [-0.1, -0.05) is 18.2 Å². The first kappa shape index (κ1) is 21.6. The molecule has 2 unspecified atom stereocenters. The summed E-state index contributed by atoms with van der Waals surface area (Å²) in [6.45, 7) is 1.81. The molecule has 0 aliphatic heterocycles. The number of anilines is 1. The monoisotopic (exact) mass is 380 g/mol. The Kier molecular flexibility index (Phi) is 8.04. The zero-order chi connectivity index (χ0) is 20.0. The van der Waals surface area contributed by atoms with Crippen LogP contribution in [0.25, 0.3) is 0 Å². The van der Waals surface area contributed by atoms with Crippen LogP contribution in [-0.2, 0) is 14.3 Å². The highest BCUT2D eigenvalue weighted by atomic mass is 16.7. The predicted molar refractivity (Wildman–Crippen MR) is 103 cm³/mol. The molecule has 152 valence electrons. The van der Waals surface area contributed by atoms with Crippen LogP contribution in [0.4, 0.5) is 5.69 Å². The molecule has 0 radical (unpaired) electrons. The van der Waals surface area contributed by atoms with Crippen molar-refractivity contribution in [1.29, 1.82) is 0 Å². The van der Waals surface area contributed by atoms with Gasteiger partial charge in [-0.15, -0.1) is 0 Å². The van der Waals surface area contributed by atoms with Gasteiger partial charge in [0.2, 0.25) is 5.91 Å². The molecule has 1 aliphatic carbocycles. The highest BCUT2D eigenvalue weighted by molar-refractivity contribution is 5.85. The van der Waals surface area contributed by atoms with Gasteiger partial charge in [-0.3, -0.25) is 4.79 Å². The number of hydrogen-bond acceptors (Lipinski definition) is 6. The third-order valence-electron chi connectivity index (χ3n) is 5.52. The molecule has 0 aromatic heterocycles. The quantitative estimate of drug-likeness (QED) is 0.323. The molecule has 0 bridgehead atoms. The van der Waals surface area contributed by atoms with Gasteiger partial charge < -0.3 is 30.7 Å². The number of nitrogens with one attached hydrogen (secondary N) is 1. The lowest BCUT2D eigenvalue weighted by Gasteiger charge is -2.28. The lowest BCUT2D eigenvalue weighted by Crippen LogP contribution is -2.40. The smallest absolute Gasteiger partial charge is 0.227 e. The van der Waals surface area contributed by atoms with Crippen LogP contribution in [0.1, 0.15) is 44.1 Å². The van der Waals surface area contributed by atoms with Crippen LogP contribution in [0.3, 0.4) is 0 Å². The molecule has 5 atom stereocenters. The van der Waals surface area contributed by atoms with Crippen LogP contribution in [0, 0.1) is 5.92 Å². The Morgan fingerprint density at radius 2 is 1.89 bits per heavy atom. The first-order chi connectivity index (χ1) is 12.9. The third kappa shape index (κ3) is 5.65. The van der Waals surface area contributed by atoms with Crippen LogP contribution in [-0.4, -0.2) is 54.9 Å². The standard InChI is InChI=1S/C20H32N2O5/c1-12(14-6-4-5-7-16(14)21)20(25)22-13-8-9-17(23)15(18(24)10-13)11-19(26-2)27-3/h4-7,12-13,15,17-19,23-24H,8-11,21H2,1-3H3,(H,22,25)/t12-,13-,15+,17?,18?/m0/s1. The summed E-state index contributed by atoms with van der Waals surface area (Å²) in [7, 11) is 3.06. The number of methoxy groups -OCH3 is 2. The van der Waals surface area contributed by atoms with Crippen molar-refractivity contribution in [3.05, 3.63) is 29.8 Å². The molecule has 27 heavy (non-hydrogen) atoms. The van der Waals surface area contributed by atoms with Gasteiger partial charge in [-0.2, -0.15) is 0 Å². The van der Waals surface area contributed by atoms with E-state index in [1.165, 1.54) is 14.2 Å². The number of carbonyl (C=O) groups is 1. The van der Waals surface area contributed by atoms with Gasteiger partial charge in [0.25, 0.3) is 0 Å². The second kappa shape index (κ2) is 10.0. The zero-order valence-electron chi connectivity index (χ0n) is 16.3. The van der Waals surface area contributed by atoms with Gasteiger partial charge in [-0.25, -0.2) is 0 Å². The van der Waals surface area contributed by atoms with Gasteiger partial charge in [0, 0.05) is 38.3 Å². The summed E-state index contributed by atoms with van der Waals surface area (Å²) in [4.78, 5) is 12.7. The first-order valence-corrected chi connectivity index (χ1v) is 9.43. The third-order valence-corrected chi connectivity index (χ3v) is 5.52. The van der Waals surface area contributed by atoms with Crippen LogP contribution >= 0.6 is 0 Å². The number of rotatable bonds is 7. The van der Waals surface area contributed by atoms with Crippen molar-refractivity contribution < 1.29 is 24.5 Å². The number of ether oxygens (including phenoxy) is 2. The van der Waals surface area contributed by atoms with Crippen LogP contribution in [0.5, 0.6) is 0 Å². The van der Waals surface area contributed by atoms with Crippen molar-refractivity contribution >= 4 is 11.6 Å². The van der Waals surface area contributed by atoms with Crippen molar-refractivity contribution in [2.45, 2.75) is 63.1 Å². The second-order valence-electron chi connectivity index (χ2n) is 7.30. The SMILES string of the molecule is COC(C[C@@H]1C(O)CC[C@H](NC(=O)[C@@H](C)c2ccccc2N)CC1O)OC. The van der Waals surface area contributed by atoms with Crippen LogP contribution in [0.15, 0.2) is 24.3 Å². The van der Waals surface area contributed by atoms with Crippen molar-refractivity contribution in [2.75, 3.05) is 20.0 Å². The summed E-state index contributed by atoms with van der Waals surface area (Å²) in [5.41, 5.74) is 7.34. The van der Waals surface area contributed by atoms with E-state index in [2.05, 4.69) is 5.32 Å². The average Bonchev–Trinajstić information content (AvgIpc) is 2.78. The van der Waals surface area contributed by atoms with Gasteiger partial charge in [0.1, 0.15) is 0 Å². The Morgan fingerprint density at radius 3 is 2.52 bits per heavy atom. The van der Waals surface area contributed by atoms with Gasteiger partial charge >= 0.3 is 0 Å². The van der Waals surface area contributed by atoms with E-state index in [1.54, 1.807) is 6.07 Å². The van der Waals surface area contributed by atoms with Crippen LogP contribution < -0.4 is 11.1 Å². The Balaban J connectivity index is 2.00. The number of nitrogen functional groups attached to an aromatic ring is 1. The number of nitrogens with two attached hydrogens (primary N) is 1. The first-order valence-electron chi connectivity index (χ1n) is 9.43. The largest absolute Gasteiger partial charge is 0.398 e. The molecule has 0 saturated heterocycles. The van der Waals surface area contributed by atoms with Gasteiger partial charge in [0.05, 0.1) is 18.1 Å². The molecule has 1 aromatic carbocycles. The molecule has 1 amide bonds. The van der Waals surface area contributed by atoms with Crippen molar-refractivity contribution in [2.24, 2.45) is 5.92 Å². The summed E-state index contributed by atoms with van der Waals surface area (Å²) in [5, 5.41) is 24.0. The molecule has 1 aliphatic rings. The topological polar surface area (TPSA) is 114 Å². The number of aliphatic hydroxyl groups excluding tert-OH is 2. The molecule has 2 rings (SSSR count). The number of amides is 1. The maximum atomic E-state index is 12.7. The van der Waals surface area contributed by atoms with E-state index in [1.807, 2.05) is 25.1 Å². The Bertz CT molecular complexity index is 608. The maximum Gasteiger partial charge on any atom is 0.227 e. The summed E-state index contributed by atoms with van der Waals surface area (Å²) < 4.78 is 10.4. The van der Waals surface area contributed by atoms with Crippen molar-refractivity contribution in [3.8, 4) is 0 Å². The van der Waals surface area contributed by atoms with E-state index >= 15 is 0 Å². The molecule has 0 spiro atoms. The fraction of sp³-hybridized carbons (Fsp3) is 0.650. The molecule has 1 fully saturated rings. The summed E-state index contributed by atoms with van der Waals surface area (Å²) >= 11 is 0. The Labute approximate surface area is 160 Å². The predicted octanol–water partition coefficient (Wildman–Crippen LogP) is 1.39. The van der Waals surface area contributed by atoms with Gasteiger partial charge in [0.15, 0.2) is 6.29 Å². The number of para-hydroxylation sites is 1. The van der Waals surface area contributed by atoms with E-state index in [9.17, 15) is 15.0 Å². The van der Waals surface area contributed by atoms with E-state index in [-0.39, 0.29) is 17.9 Å². The highest BCUT2D eigenvalue weighted by Gasteiger charge is 2.35. The molecule has 1 saturated carbocycles. The number of hydrogen-bond donors (Lipinski definition) is 4. The van der Waals surface area contributed by atoms with Crippen molar-refractivity contribution in [1.82, 2.24) is 5.32 Å². The minimum atomic E-state index is -0.752. The minimum Gasteiger partial charge on any atom is -0.398 e. The Hall–Kier alpha value is -1.67. The normalized spacial score (nSPS) is 27.2. The van der Waals surface area contributed by atoms with Crippen LogP contribution in [0.2, 0.25) is 0 Å². The number of aliphatic hydroxyl groups is 2. The molecule has 5 N–H and O–H groups in total. The van der Waals surface area contributed by atoms with Crippen molar-refractivity contribution in [3.63, 3.8) is 0 Å². The summed E-state index contributed by atoms with van der Waals surface area (Å²) in [5.74, 6) is -0.887. The lowest BCUT2D eigenvalue weighted by atomic mass is 9.90.